The van der Waals surface area contributed by atoms with Gasteiger partial charge in [-0.3, -0.25) is 0 Å². The molecule has 0 amide bonds. The summed E-state index contributed by atoms with van der Waals surface area (Å²) in [5, 5.41) is 3.26. The van der Waals surface area contributed by atoms with E-state index in [1.807, 2.05) is 7.05 Å². The van der Waals surface area contributed by atoms with Crippen LogP contribution in [0.5, 0.6) is 0 Å². The lowest BCUT2D eigenvalue weighted by Crippen LogP contribution is -2.20. The van der Waals surface area contributed by atoms with E-state index < -0.39 is 0 Å². The van der Waals surface area contributed by atoms with E-state index >= 15 is 0 Å². The molecule has 0 aromatic carbocycles. The molecule has 86 valence electrons. The highest BCUT2D eigenvalue weighted by atomic mass is 14.8. The van der Waals surface area contributed by atoms with E-state index in [0.717, 1.165) is 30.2 Å². The summed E-state index contributed by atoms with van der Waals surface area (Å²) in [6.45, 7) is 12.9. The predicted molar refractivity (Wildman–Crippen MR) is 65.5 cm³/mol. The Balaban J connectivity index is 3.95. The van der Waals surface area contributed by atoms with Crippen molar-refractivity contribution in [3.05, 3.63) is 0 Å². The summed E-state index contributed by atoms with van der Waals surface area (Å²) in [4.78, 5) is 0. The fraction of sp³-hybridized carbons (Fsp3) is 1.00. The summed E-state index contributed by atoms with van der Waals surface area (Å²) in [5.74, 6) is 3.40. The normalized spacial score (nSPS) is 16.3. The molecule has 0 aliphatic rings. The lowest BCUT2D eigenvalue weighted by Gasteiger charge is -2.26. The van der Waals surface area contributed by atoms with Gasteiger partial charge in [-0.15, -0.1) is 0 Å². The molecule has 0 spiro atoms. The van der Waals surface area contributed by atoms with E-state index in [1.54, 1.807) is 0 Å². The van der Waals surface area contributed by atoms with Gasteiger partial charge in [-0.2, -0.15) is 0 Å². The lowest BCUT2D eigenvalue weighted by molar-refractivity contribution is 0.253. The van der Waals surface area contributed by atoms with Gasteiger partial charge in [-0.1, -0.05) is 34.6 Å². The molecule has 0 heterocycles. The van der Waals surface area contributed by atoms with Crippen LogP contribution in [0.2, 0.25) is 0 Å². The molecule has 2 unspecified atom stereocenters. The van der Waals surface area contributed by atoms with Gasteiger partial charge in [-0.05, 0) is 50.1 Å². The fourth-order valence-electron chi connectivity index (χ4n) is 1.80. The Morgan fingerprint density at radius 1 is 0.929 bits per heavy atom. The van der Waals surface area contributed by atoms with Crippen molar-refractivity contribution in [3.8, 4) is 0 Å². The molecule has 1 N–H and O–H groups in total. The monoisotopic (exact) mass is 199 g/mol. The maximum absolute atomic E-state index is 3.26. The third-order valence-electron chi connectivity index (χ3n) is 3.52. The van der Waals surface area contributed by atoms with Crippen LogP contribution in [0.3, 0.4) is 0 Å². The zero-order valence-corrected chi connectivity index (χ0v) is 10.9. The third-order valence-corrected chi connectivity index (χ3v) is 3.52. The predicted octanol–water partition coefficient (Wildman–Crippen LogP) is 3.55. The average Bonchev–Trinajstić information content (AvgIpc) is 2.10. The Morgan fingerprint density at radius 2 is 1.50 bits per heavy atom. The summed E-state index contributed by atoms with van der Waals surface area (Å²) in [6, 6.07) is 0. The van der Waals surface area contributed by atoms with Crippen molar-refractivity contribution >= 4 is 0 Å². The molecule has 0 rings (SSSR count). The largest absolute Gasteiger partial charge is 0.320 e. The molecule has 0 saturated heterocycles. The van der Waals surface area contributed by atoms with Gasteiger partial charge in [0, 0.05) is 0 Å². The first-order chi connectivity index (χ1) is 6.49. The van der Waals surface area contributed by atoms with E-state index in [9.17, 15) is 0 Å². The van der Waals surface area contributed by atoms with Crippen LogP contribution in [-0.2, 0) is 0 Å². The molecule has 0 bridgehead atoms. The lowest BCUT2D eigenvalue weighted by atomic mass is 9.81. The number of nitrogens with one attached hydrogen (secondary N) is 1. The first-order valence-corrected chi connectivity index (χ1v) is 6.13. The number of rotatable bonds is 7. The van der Waals surface area contributed by atoms with Crippen LogP contribution in [0.25, 0.3) is 0 Å². The molecule has 0 fully saturated rings. The van der Waals surface area contributed by atoms with Crippen LogP contribution < -0.4 is 5.32 Å². The zero-order chi connectivity index (χ0) is 11.1. The average molecular weight is 199 g/mol. The van der Waals surface area contributed by atoms with Crippen molar-refractivity contribution in [1.82, 2.24) is 5.32 Å². The number of hydrogen-bond acceptors (Lipinski definition) is 1. The molecule has 0 aromatic rings. The molecule has 0 aromatic heterocycles. The Morgan fingerprint density at radius 3 is 1.86 bits per heavy atom. The molecule has 0 radical (unpaired) electrons. The second kappa shape index (κ2) is 7.28. The van der Waals surface area contributed by atoms with Crippen molar-refractivity contribution in [2.75, 3.05) is 13.6 Å². The number of hydrogen-bond donors (Lipinski definition) is 1. The molecule has 1 heteroatoms. The van der Waals surface area contributed by atoms with E-state index in [-0.39, 0.29) is 0 Å². The standard InChI is InChI=1S/C13H29N/c1-10(2)12(5)9-13(11(3)4)7-8-14-6/h10-14H,7-9H2,1-6H3. The highest BCUT2D eigenvalue weighted by molar-refractivity contribution is 4.69. The quantitative estimate of drug-likeness (QED) is 0.661. The van der Waals surface area contributed by atoms with Crippen LogP contribution in [0.15, 0.2) is 0 Å². The molecular weight excluding hydrogens is 170 g/mol. The maximum atomic E-state index is 3.26. The minimum Gasteiger partial charge on any atom is -0.320 e. The second-order valence-corrected chi connectivity index (χ2v) is 5.35. The zero-order valence-electron chi connectivity index (χ0n) is 10.9. The molecule has 0 saturated carbocycles. The van der Waals surface area contributed by atoms with Gasteiger partial charge in [0.15, 0.2) is 0 Å². The van der Waals surface area contributed by atoms with Crippen LogP contribution in [0.1, 0.15) is 47.5 Å². The Bertz CT molecular complexity index is 129. The smallest absolute Gasteiger partial charge is 0.00492 e. The maximum Gasteiger partial charge on any atom is -0.00492 e. The molecule has 2 atom stereocenters. The first-order valence-electron chi connectivity index (χ1n) is 6.13. The van der Waals surface area contributed by atoms with Crippen molar-refractivity contribution in [3.63, 3.8) is 0 Å². The topological polar surface area (TPSA) is 12.0 Å². The van der Waals surface area contributed by atoms with Gasteiger partial charge in [0.05, 0.1) is 0 Å². The van der Waals surface area contributed by atoms with Crippen LogP contribution in [-0.4, -0.2) is 13.6 Å². The summed E-state index contributed by atoms with van der Waals surface area (Å²) in [6.07, 6.45) is 2.71. The minimum atomic E-state index is 0.824. The van der Waals surface area contributed by atoms with Gasteiger partial charge in [0.1, 0.15) is 0 Å². The Labute approximate surface area is 90.7 Å². The summed E-state index contributed by atoms with van der Waals surface area (Å²) in [7, 11) is 2.04. The van der Waals surface area contributed by atoms with Crippen molar-refractivity contribution in [2.45, 2.75) is 47.5 Å². The molecule has 1 nitrogen and oxygen atoms in total. The summed E-state index contributed by atoms with van der Waals surface area (Å²) >= 11 is 0. The van der Waals surface area contributed by atoms with Gasteiger partial charge < -0.3 is 5.32 Å². The van der Waals surface area contributed by atoms with Crippen LogP contribution in [0.4, 0.5) is 0 Å². The first kappa shape index (κ1) is 14.0. The second-order valence-electron chi connectivity index (χ2n) is 5.35. The van der Waals surface area contributed by atoms with E-state index in [4.69, 9.17) is 0 Å². The van der Waals surface area contributed by atoms with Gasteiger partial charge in [-0.25, -0.2) is 0 Å². The van der Waals surface area contributed by atoms with E-state index in [0.29, 0.717) is 0 Å². The van der Waals surface area contributed by atoms with Gasteiger partial charge in [0.2, 0.25) is 0 Å². The van der Waals surface area contributed by atoms with Gasteiger partial charge in [0.25, 0.3) is 0 Å². The minimum absolute atomic E-state index is 0.824. The summed E-state index contributed by atoms with van der Waals surface area (Å²) < 4.78 is 0. The third kappa shape index (κ3) is 5.64. The fourth-order valence-corrected chi connectivity index (χ4v) is 1.80. The molecule has 0 aliphatic carbocycles. The highest BCUT2D eigenvalue weighted by Gasteiger charge is 2.18. The van der Waals surface area contributed by atoms with E-state index in [1.165, 1.54) is 12.8 Å². The molecular formula is C13H29N. The SMILES string of the molecule is CNCCC(CC(C)C(C)C)C(C)C. The van der Waals surface area contributed by atoms with Crippen molar-refractivity contribution < 1.29 is 0 Å². The Hall–Kier alpha value is -0.0400. The Kier molecular flexibility index (Phi) is 7.26. The molecule has 0 aliphatic heterocycles. The van der Waals surface area contributed by atoms with Crippen LogP contribution in [0, 0.1) is 23.7 Å². The van der Waals surface area contributed by atoms with Crippen LogP contribution >= 0.6 is 0 Å². The summed E-state index contributed by atoms with van der Waals surface area (Å²) in [5.41, 5.74) is 0. The van der Waals surface area contributed by atoms with Crippen molar-refractivity contribution in [2.24, 2.45) is 23.7 Å². The molecule has 14 heavy (non-hydrogen) atoms. The van der Waals surface area contributed by atoms with Gasteiger partial charge >= 0.3 is 0 Å². The van der Waals surface area contributed by atoms with Crippen molar-refractivity contribution in [1.29, 1.82) is 0 Å². The highest BCUT2D eigenvalue weighted by Crippen LogP contribution is 2.26. The van der Waals surface area contributed by atoms with E-state index in [2.05, 4.69) is 39.9 Å².